The van der Waals surface area contributed by atoms with Gasteiger partial charge in [-0.1, -0.05) is 0 Å². The number of halogens is 1. The molecule has 0 aliphatic carbocycles. The smallest absolute Gasteiger partial charge is 0.304 e. The summed E-state index contributed by atoms with van der Waals surface area (Å²) in [5.74, 6) is -0.449. The van der Waals surface area contributed by atoms with Crippen LogP contribution in [0.1, 0.15) is 24.8 Å². The molecule has 1 unspecified atom stereocenters. The molecule has 0 spiro atoms. The largest absolute Gasteiger partial charge is 0.496 e. The first-order chi connectivity index (χ1) is 9.10. The maximum absolute atomic E-state index is 13.3. The molecule has 0 radical (unpaired) electrons. The predicted octanol–water partition coefficient (Wildman–Crippen LogP) is 2.27. The number of aliphatic carboxylic acids is 1. The summed E-state index contributed by atoms with van der Waals surface area (Å²) in [6.07, 6.45) is 2.00. The van der Waals surface area contributed by atoms with Gasteiger partial charge in [0.05, 0.1) is 13.5 Å². The third-order valence-electron chi connectivity index (χ3n) is 3.53. The second-order valence-electron chi connectivity index (χ2n) is 4.82. The SMILES string of the molecule is COc1ccc(F)cc1CN1CCCC1CC(=O)O. The number of benzene rings is 1. The number of nitrogens with zero attached hydrogens (tertiary/aromatic N) is 1. The Balaban J connectivity index is 2.11. The van der Waals surface area contributed by atoms with E-state index in [0.29, 0.717) is 12.3 Å². The lowest BCUT2D eigenvalue weighted by atomic mass is 10.1. The Morgan fingerprint density at radius 1 is 1.58 bits per heavy atom. The minimum atomic E-state index is -0.789. The number of carbonyl (C=O) groups is 1. The Hall–Kier alpha value is -1.62. The molecular weight excluding hydrogens is 249 g/mol. The van der Waals surface area contributed by atoms with Crippen LogP contribution in [0.25, 0.3) is 0 Å². The molecule has 0 bridgehead atoms. The summed E-state index contributed by atoms with van der Waals surface area (Å²) in [6, 6.07) is 4.45. The number of methoxy groups -OCH3 is 1. The van der Waals surface area contributed by atoms with E-state index < -0.39 is 5.97 Å². The van der Waals surface area contributed by atoms with Gasteiger partial charge in [-0.3, -0.25) is 9.69 Å². The number of ether oxygens (including phenoxy) is 1. The van der Waals surface area contributed by atoms with Crippen LogP contribution in [0.2, 0.25) is 0 Å². The van der Waals surface area contributed by atoms with Gasteiger partial charge in [0, 0.05) is 18.2 Å². The van der Waals surface area contributed by atoms with Crippen molar-refractivity contribution >= 4 is 5.97 Å². The molecule has 0 aromatic heterocycles. The van der Waals surface area contributed by atoms with Crippen molar-refractivity contribution in [2.24, 2.45) is 0 Å². The molecule has 19 heavy (non-hydrogen) atoms. The Morgan fingerprint density at radius 2 is 2.37 bits per heavy atom. The van der Waals surface area contributed by atoms with Crippen LogP contribution >= 0.6 is 0 Å². The van der Waals surface area contributed by atoms with Gasteiger partial charge in [0.15, 0.2) is 0 Å². The van der Waals surface area contributed by atoms with Crippen molar-refractivity contribution in [2.45, 2.75) is 31.8 Å². The maximum atomic E-state index is 13.3. The fourth-order valence-corrected chi connectivity index (χ4v) is 2.63. The number of hydrogen-bond acceptors (Lipinski definition) is 3. The summed E-state index contributed by atoms with van der Waals surface area (Å²) in [7, 11) is 1.55. The molecule has 0 saturated carbocycles. The molecule has 0 amide bonds. The number of carboxylic acid groups (broad SMARTS) is 1. The van der Waals surface area contributed by atoms with E-state index in [0.717, 1.165) is 24.9 Å². The molecule has 5 heteroatoms. The van der Waals surface area contributed by atoms with Crippen molar-refractivity contribution in [3.63, 3.8) is 0 Å². The van der Waals surface area contributed by atoms with E-state index in [-0.39, 0.29) is 18.3 Å². The summed E-state index contributed by atoms with van der Waals surface area (Å²) in [5.41, 5.74) is 0.764. The minimum Gasteiger partial charge on any atom is -0.496 e. The average Bonchev–Trinajstić information content (AvgIpc) is 2.76. The van der Waals surface area contributed by atoms with Crippen LogP contribution in [-0.4, -0.2) is 35.7 Å². The van der Waals surface area contributed by atoms with Crippen molar-refractivity contribution < 1.29 is 19.0 Å². The van der Waals surface area contributed by atoms with Crippen molar-refractivity contribution in [2.75, 3.05) is 13.7 Å². The zero-order chi connectivity index (χ0) is 13.8. The lowest BCUT2D eigenvalue weighted by Gasteiger charge is -2.24. The number of carboxylic acids is 1. The monoisotopic (exact) mass is 267 g/mol. The average molecular weight is 267 g/mol. The zero-order valence-corrected chi connectivity index (χ0v) is 10.9. The van der Waals surface area contributed by atoms with E-state index in [1.807, 2.05) is 0 Å². The maximum Gasteiger partial charge on any atom is 0.304 e. The van der Waals surface area contributed by atoms with Crippen molar-refractivity contribution in [1.82, 2.24) is 4.90 Å². The Kier molecular flexibility index (Phi) is 4.37. The van der Waals surface area contributed by atoms with E-state index in [1.165, 1.54) is 12.1 Å². The highest BCUT2D eigenvalue weighted by molar-refractivity contribution is 5.67. The normalized spacial score (nSPS) is 19.6. The van der Waals surface area contributed by atoms with Gasteiger partial charge >= 0.3 is 5.97 Å². The molecule has 1 N–H and O–H groups in total. The fourth-order valence-electron chi connectivity index (χ4n) is 2.63. The van der Waals surface area contributed by atoms with E-state index in [4.69, 9.17) is 9.84 Å². The molecule has 4 nitrogen and oxygen atoms in total. The van der Waals surface area contributed by atoms with Crippen LogP contribution < -0.4 is 4.74 Å². The molecule has 1 atom stereocenters. The number of rotatable bonds is 5. The van der Waals surface area contributed by atoms with Crippen LogP contribution in [0, 0.1) is 5.82 Å². The second kappa shape index (κ2) is 6.02. The third kappa shape index (κ3) is 3.44. The highest BCUT2D eigenvalue weighted by Gasteiger charge is 2.27. The predicted molar refractivity (Wildman–Crippen MR) is 68.6 cm³/mol. The first-order valence-corrected chi connectivity index (χ1v) is 6.38. The first-order valence-electron chi connectivity index (χ1n) is 6.38. The van der Waals surface area contributed by atoms with Crippen LogP contribution in [-0.2, 0) is 11.3 Å². The van der Waals surface area contributed by atoms with Crippen LogP contribution in [0.15, 0.2) is 18.2 Å². The molecule has 2 rings (SSSR count). The van der Waals surface area contributed by atoms with E-state index in [9.17, 15) is 9.18 Å². The van der Waals surface area contributed by atoms with Gasteiger partial charge in [-0.2, -0.15) is 0 Å². The Labute approximate surface area is 111 Å². The molecule has 1 heterocycles. The second-order valence-corrected chi connectivity index (χ2v) is 4.82. The molecule has 104 valence electrons. The summed E-state index contributed by atoms with van der Waals surface area (Å²) in [6.45, 7) is 1.37. The lowest BCUT2D eigenvalue weighted by Crippen LogP contribution is -2.31. The van der Waals surface area contributed by atoms with Gasteiger partial charge in [0.1, 0.15) is 11.6 Å². The quantitative estimate of drug-likeness (QED) is 0.889. The van der Waals surface area contributed by atoms with Crippen molar-refractivity contribution in [1.29, 1.82) is 0 Å². The molecule has 1 aromatic rings. The van der Waals surface area contributed by atoms with Crippen molar-refractivity contribution in [3.05, 3.63) is 29.6 Å². The third-order valence-corrected chi connectivity index (χ3v) is 3.53. The summed E-state index contributed by atoms with van der Waals surface area (Å²) >= 11 is 0. The van der Waals surface area contributed by atoms with E-state index in [1.54, 1.807) is 13.2 Å². The van der Waals surface area contributed by atoms with Gasteiger partial charge in [-0.05, 0) is 37.6 Å². The fraction of sp³-hybridized carbons (Fsp3) is 0.500. The minimum absolute atomic E-state index is 0.0328. The summed E-state index contributed by atoms with van der Waals surface area (Å²) in [5, 5.41) is 8.89. The highest BCUT2D eigenvalue weighted by atomic mass is 19.1. The Bertz CT molecular complexity index is 464. The van der Waals surface area contributed by atoms with Crippen LogP contribution in [0.4, 0.5) is 4.39 Å². The van der Waals surface area contributed by atoms with Gasteiger partial charge in [0.25, 0.3) is 0 Å². The first kappa shape index (κ1) is 13.8. The van der Waals surface area contributed by atoms with Gasteiger partial charge < -0.3 is 9.84 Å². The van der Waals surface area contributed by atoms with Gasteiger partial charge in [-0.25, -0.2) is 4.39 Å². The van der Waals surface area contributed by atoms with Crippen LogP contribution in [0.3, 0.4) is 0 Å². The van der Waals surface area contributed by atoms with Crippen LogP contribution in [0.5, 0.6) is 5.75 Å². The lowest BCUT2D eigenvalue weighted by molar-refractivity contribution is -0.138. The molecular formula is C14H18FNO3. The topological polar surface area (TPSA) is 49.8 Å². The zero-order valence-electron chi connectivity index (χ0n) is 10.9. The molecule has 1 fully saturated rings. The molecule has 1 aliphatic rings. The highest BCUT2D eigenvalue weighted by Crippen LogP contribution is 2.27. The Morgan fingerprint density at radius 3 is 3.05 bits per heavy atom. The van der Waals surface area contributed by atoms with Gasteiger partial charge in [0.2, 0.25) is 0 Å². The van der Waals surface area contributed by atoms with Gasteiger partial charge in [-0.15, -0.1) is 0 Å². The summed E-state index contributed by atoms with van der Waals surface area (Å²) < 4.78 is 18.5. The van der Waals surface area contributed by atoms with E-state index in [2.05, 4.69) is 4.90 Å². The standard InChI is InChI=1S/C14H18FNO3/c1-19-13-5-4-11(15)7-10(13)9-16-6-2-3-12(16)8-14(17)18/h4-5,7,12H,2-3,6,8-9H2,1H3,(H,17,18). The number of likely N-dealkylation sites (tertiary alicyclic amines) is 1. The van der Waals surface area contributed by atoms with Crippen molar-refractivity contribution in [3.8, 4) is 5.75 Å². The number of hydrogen-bond donors (Lipinski definition) is 1. The van der Waals surface area contributed by atoms with E-state index >= 15 is 0 Å². The molecule has 1 aromatic carbocycles. The molecule has 1 saturated heterocycles. The molecule has 1 aliphatic heterocycles. The summed E-state index contributed by atoms with van der Waals surface area (Å²) in [4.78, 5) is 12.9.